The molecule has 5 heteroatoms. The molecule has 0 aliphatic heterocycles. The minimum absolute atomic E-state index is 0.657. The molecule has 0 radical (unpaired) electrons. The van der Waals surface area contributed by atoms with Crippen LogP contribution in [0.3, 0.4) is 0 Å². The van der Waals surface area contributed by atoms with Crippen molar-refractivity contribution in [3.63, 3.8) is 0 Å². The standard InChI is InChI=1S/C41H25N3S2/c1-2-10-26(11-3-1)29-13-8-14-31(24-29)40-42-39(28-22-20-27(21-23-28)37-25-30-12-4-6-18-35(30)45-37)43-41(44-40)34-17-9-16-33-32-15-5-7-19-36(32)46-38(33)34/h1-25H. The lowest BCUT2D eigenvalue weighted by Gasteiger charge is -2.10. The van der Waals surface area contributed by atoms with E-state index in [1.54, 1.807) is 11.3 Å². The molecule has 3 heterocycles. The number of hydrogen-bond donors (Lipinski definition) is 0. The zero-order valence-corrected chi connectivity index (χ0v) is 26.2. The zero-order valence-electron chi connectivity index (χ0n) is 24.6. The Labute approximate surface area is 274 Å². The lowest BCUT2D eigenvalue weighted by atomic mass is 10.0. The van der Waals surface area contributed by atoms with Crippen LogP contribution in [0.25, 0.3) is 86.0 Å². The number of nitrogens with zero attached hydrogens (tertiary/aromatic N) is 3. The van der Waals surface area contributed by atoms with Gasteiger partial charge in [-0.15, -0.1) is 22.7 Å². The van der Waals surface area contributed by atoms with Crippen LogP contribution in [-0.2, 0) is 0 Å². The van der Waals surface area contributed by atoms with Gasteiger partial charge in [0.1, 0.15) is 0 Å². The predicted molar refractivity (Wildman–Crippen MR) is 195 cm³/mol. The van der Waals surface area contributed by atoms with Gasteiger partial charge < -0.3 is 0 Å². The van der Waals surface area contributed by atoms with Crippen molar-refractivity contribution < 1.29 is 0 Å². The molecule has 6 aromatic carbocycles. The molecule has 0 bridgehead atoms. The Morgan fingerprint density at radius 2 is 1.00 bits per heavy atom. The molecule has 0 saturated carbocycles. The molecule has 0 fully saturated rings. The van der Waals surface area contributed by atoms with Crippen molar-refractivity contribution in [2.45, 2.75) is 0 Å². The van der Waals surface area contributed by atoms with Gasteiger partial charge in [-0.25, -0.2) is 15.0 Å². The maximum atomic E-state index is 5.13. The molecule has 216 valence electrons. The maximum Gasteiger partial charge on any atom is 0.165 e. The summed E-state index contributed by atoms with van der Waals surface area (Å²) >= 11 is 3.60. The van der Waals surface area contributed by atoms with Crippen LogP contribution in [0.4, 0.5) is 0 Å². The summed E-state index contributed by atoms with van der Waals surface area (Å²) in [5.41, 5.74) is 6.40. The number of hydrogen-bond acceptors (Lipinski definition) is 5. The second-order valence-electron chi connectivity index (χ2n) is 11.3. The fraction of sp³-hybridized carbons (Fsp3) is 0. The van der Waals surface area contributed by atoms with Crippen LogP contribution in [-0.4, -0.2) is 15.0 Å². The summed E-state index contributed by atoms with van der Waals surface area (Å²) in [6.07, 6.45) is 0. The highest BCUT2D eigenvalue weighted by atomic mass is 32.1. The number of aromatic nitrogens is 3. The summed E-state index contributed by atoms with van der Waals surface area (Å²) in [7, 11) is 0. The Morgan fingerprint density at radius 3 is 1.85 bits per heavy atom. The first kappa shape index (κ1) is 26.9. The summed E-state index contributed by atoms with van der Waals surface area (Å²) in [6, 6.07) is 53.3. The lowest BCUT2D eigenvalue weighted by Crippen LogP contribution is -2.00. The quantitative estimate of drug-likeness (QED) is 0.191. The van der Waals surface area contributed by atoms with Crippen LogP contribution in [0.5, 0.6) is 0 Å². The normalized spacial score (nSPS) is 11.5. The summed E-state index contributed by atoms with van der Waals surface area (Å²) in [5, 5.41) is 3.75. The Balaban J connectivity index is 1.20. The first-order valence-electron chi connectivity index (χ1n) is 15.2. The van der Waals surface area contributed by atoms with Gasteiger partial charge in [-0.2, -0.15) is 0 Å². The minimum Gasteiger partial charge on any atom is -0.208 e. The van der Waals surface area contributed by atoms with E-state index >= 15 is 0 Å². The van der Waals surface area contributed by atoms with E-state index in [1.165, 1.54) is 40.7 Å². The van der Waals surface area contributed by atoms with Crippen molar-refractivity contribution in [2.75, 3.05) is 0 Å². The van der Waals surface area contributed by atoms with Crippen molar-refractivity contribution in [2.24, 2.45) is 0 Å². The van der Waals surface area contributed by atoms with Crippen LogP contribution in [0.1, 0.15) is 0 Å². The van der Waals surface area contributed by atoms with Crippen LogP contribution < -0.4 is 0 Å². The molecule has 3 nitrogen and oxygen atoms in total. The highest BCUT2D eigenvalue weighted by molar-refractivity contribution is 7.26. The molecule has 0 atom stereocenters. The molecule has 0 amide bonds. The predicted octanol–water partition coefficient (Wildman–Crippen LogP) is 11.8. The Morgan fingerprint density at radius 1 is 0.370 bits per heavy atom. The molecule has 3 aromatic heterocycles. The average Bonchev–Trinajstić information content (AvgIpc) is 3.74. The van der Waals surface area contributed by atoms with Crippen molar-refractivity contribution in [1.82, 2.24) is 15.0 Å². The summed E-state index contributed by atoms with van der Waals surface area (Å²) in [6.45, 7) is 0. The fourth-order valence-corrected chi connectivity index (χ4v) is 8.33. The molecule has 0 N–H and O–H groups in total. The van der Waals surface area contributed by atoms with Gasteiger partial charge in [0.15, 0.2) is 17.5 Å². The van der Waals surface area contributed by atoms with Crippen LogP contribution >= 0.6 is 22.7 Å². The molecular formula is C41H25N3S2. The molecule has 0 saturated heterocycles. The smallest absolute Gasteiger partial charge is 0.165 e. The van der Waals surface area contributed by atoms with E-state index in [-0.39, 0.29) is 0 Å². The third-order valence-corrected chi connectivity index (χ3v) is 10.7. The molecule has 9 rings (SSSR count). The van der Waals surface area contributed by atoms with E-state index in [1.807, 2.05) is 17.4 Å². The molecule has 46 heavy (non-hydrogen) atoms. The van der Waals surface area contributed by atoms with Gasteiger partial charge in [-0.1, -0.05) is 121 Å². The molecular weight excluding hydrogens is 599 g/mol. The van der Waals surface area contributed by atoms with Gasteiger partial charge in [-0.05, 0) is 52.4 Å². The third kappa shape index (κ3) is 4.78. The molecule has 0 aliphatic carbocycles. The molecule has 9 aromatic rings. The fourth-order valence-electron chi connectivity index (χ4n) is 6.05. The molecule has 0 spiro atoms. The van der Waals surface area contributed by atoms with Crippen molar-refractivity contribution >= 4 is 52.9 Å². The number of fused-ring (bicyclic) bond motifs is 4. The second kappa shape index (κ2) is 11.1. The van der Waals surface area contributed by atoms with Crippen molar-refractivity contribution in [3.8, 4) is 55.7 Å². The SMILES string of the molecule is c1ccc(-c2cccc(-c3nc(-c4ccc(-c5cc6ccccc6s5)cc4)nc(-c4cccc5c4sc4ccccc45)n3)c2)cc1. The third-order valence-electron chi connectivity index (χ3n) is 8.36. The Kier molecular flexibility index (Phi) is 6.51. The highest BCUT2D eigenvalue weighted by Crippen LogP contribution is 2.40. The number of thiophene rings is 2. The van der Waals surface area contributed by atoms with Crippen molar-refractivity contribution in [3.05, 3.63) is 152 Å². The Bertz CT molecular complexity index is 2500. The topological polar surface area (TPSA) is 38.7 Å². The second-order valence-corrected chi connectivity index (χ2v) is 13.4. The highest BCUT2D eigenvalue weighted by Gasteiger charge is 2.17. The maximum absolute atomic E-state index is 5.13. The van der Waals surface area contributed by atoms with Gasteiger partial charge >= 0.3 is 0 Å². The summed E-state index contributed by atoms with van der Waals surface area (Å²) < 4.78 is 3.73. The van der Waals surface area contributed by atoms with Gasteiger partial charge in [0.05, 0.1) is 0 Å². The van der Waals surface area contributed by atoms with Crippen LogP contribution in [0.15, 0.2) is 152 Å². The monoisotopic (exact) mass is 623 g/mol. The number of rotatable bonds is 5. The minimum atomic E-state index is 0.657. The first-order chi connectivity index (χ1) is 22.8. The van der Waals surface area contributed by atoms with E-state index in [9.17, 15) is 0 Å². The van der Waals surface area contributed by atoms with Gasteiger partial charge in [0.2, 0.25) is 0 Å². The molecule has 0 aliphatic rings. The largest absolute Gasteiger partial charge is 0.208 e. The van der Waals surface area contributed by atoms with E-state index < -0.39 is 0 Å². The number of benzene rings is 6. The van der Waals surface area contributed by atoms with Crippen LogP contribution in [0, 0.1) is 0 Å². The molecule has 0 unspecified atom stereocenters. The van der Waals surface area contributed by atoms with Gasteiger partial charge in [0, 0.05) is 46.4 Å². The van der Waals surface area contributed by atoms with E-state index in [0.29, 0.717) is 17.5 Å². The van der Waals surface area contributed by atoms with Crippen molar-refractivity contribution in [1.29, 1.82) is 0 Å². The summed E-state index contributed by atoms with van der Waals surface area (Å²) in [5.74, 6) is 1.99. The van der Waals surface area contributed by atoms with Gasteiger partial charge in [-0.3, -0.25) is 0 Å². The van der Waals surface area contributed by atoms with Gasteiger partial charge in [0.25, 0.3) is 0 Å². The van der Waals surface area contributed by atoms with E-state index in [2.05, 4.69) is 146 Å². The average molecular weight is 624 g/mol. The van der Waals surface area contributed by atoms with Crippen LogP contribution in [0.2, 0.25) is 0 Å². The first-order valence-corrected chi connectivity index (χ1v) is 16.8. The van der Waals surface area contributed by atoms with E-state index in [0.717, 1.165) is 27.8 Å². The van der Waals surface area contributed by atoms with E-state index in [4.69, 9.17) is 15.0 Å². The summed E-state index contributed by atoms with van der Waals surface area (Å²) in [4.78, 5) is 16.6. The zero-order chi connectivity index (χ0) is 30.5. The lowest BCUT2D eigenvalue weighted by molar-refractivity contribution is 1.08. The Hall–Kier alpha value is -5.49.